The van der Waals surface area contributed by atoms with Gasteiger partial charge in [-0.25, -0.2) is 4.79 Å². The van der Waals surface area contributed by atoms with Crippen LogP contribution in [0.25, 0.3) is 11.0 Å². The fourth-order valence-electron chi connectivity index (χ4n) is 5.14. The minimum atomic E-state index is -0.651. The van der Waals surface area contributed by atoms with Crippen molar-refractivity contribution >= 4 is 16.9 Å². The molecule has 1 aliphatic heterocycles. The second-order valence-electron chi connectivity index (χ2n) is 9.19. The highest BCUT2D eigenvalue weighted by molar-refractivity contribution is 5.83. The molecule has 0 radical (unpaired) electrons. The molecule has 0 bridgehead atoms. The van der Waals surface area contributed by atoms with Crippen LogP contribution < -0.4 is 10.4 Å². The van der Waals surface area contributed by atoms with Gasteiger partial charge in [-0.2, -0.15) is 0 Å². The van der Waals surface area contributed by atoms with Crippen LogP contribution >= 0.6 is 0 Å². The molecule has 6 nitrogen and oxygen atoms in total. The Morgan fingerprint density at radius 2 is 2.16 bits per heavy atom. The van der Waals surface area contributed by atoms with Gasteiger partial charge >= 0.3 is 5.63 Å². The van der Waals surface area contributed by atoms with E-state index in [2.05, 4.69) is 6.92 Å². The van der Waals surface area contributed by atoms with Gasteiger partial charge in [-0.15, -0.1) is 0 Å². The lowest BCUT2D eigenvalue weighted by Crippen LogP contribution is -2.56. The average molecular weight is 428 g/mol. The van der Waals surface area contributed by atoms with Crippen LogP contribution in [0.5, 0.6) is 5.75 Å². The lowest BCUT2D eigenvalue weighted by molar-refractivity contribution is -0.149. The molecule has 1 aliphatic carbocycles. The molecule has 2 aromatic rings. The molecule has 168 valence electrons. The summed E-state index contributed by atoms with van der Waals surface area (Å²) in [5.74, 6) is 0.601. The third kappa shape index (κ3) is 4.64. The molecule has 2 fully saturated rings. The standard InChI is InChI=1S/C25H33NO5/c1-3-4-7-18-14-23(27)31-22-15-20(9-10-21(18)22)30-17(2)24(28)26-13-12-25(29)11-6-5-8-19(25)16-26/h9-10,14-15,17,19,29H,3-8,11-13,16H2,1-2H3/t17-,19+,25+/m1/s1. The second-order valence-corrected chi connectivity index (χ2v) is 9.19. The number of aliphatic hydroxyl groups is 1. The van der Waals surface area contributed by atoms with Gasteiger partial charge in [0.05, 0.1) is 5.60 Å². The number of carbonyl (C=O) groups is 1. The predicted molar refractivity (Wildman–Crippen MR) is 119 cm³/mol. The van der Waals surface area contributed by atoms with E-state index < -0.39 is 11.7 Å². The lowest BCUT2D eigenvalue weighted by atomic mass is 9.71. The van der Waals surface area contributed by atoms with Crippen molar-refractivity contribution in [1.82, 2.24) is 4.90 Å². The van der Waals surface area contributed by atoms with Gasteiger partial charge in [0.25, 0.3) is 5.91 Å². The van der Waals surface area contributed by atoms with Crippen molar-refractivity contribution in [1.29, 1.82) is 0 Å². The first kappa shape index (κ1) is 21.9. The Labute approximate surface area is 183 Å². The highest BCUT2D eigenvalue weighted by Gasteiger charge is 2.44. The van der Waals surface area contributed by atoms with E-state index in [0.29, 0.717) is 30.8 Å². The maximum Gasteiger partial charge on any atom is 0.336 e. The van der Waals surface area contributed by atoms with E-state index in [1.54, 1.807) is 19.1 Å². The van der Waals surface area contributed by atoms with Gasteiger partial charge in [0.1, 0.15) is 11.3 Å². The Balaban J connectivity index is 1.46. The van der Waals surface area contributed by atoms with Crippen LogP contribution in [0, 0.1) is 5.92 Å². The van der Waals surface area contributed by atoms with Crippen molar-refractivity contribution in [2.45, 2.75) is 76.9 Å². The van der Waals surface area contributed by atoms with Crippen LogP contribution in [0.1, 0.15) is 64.4 Å². The van der Waals surface area contributed by atoms with Crippen molar-refractivity contribution in [2.24, 2.45) is 5.92 Å². The highest BCUT2D eigenvalue weighted by atomic mass is 16.5. The Kier molecular flexibility index (Phi) is 6.37. The van der Waals surface area contributed by atoms with Crippen molar-refractivity contribution in [3.05, 3.63) is 40.2 Å². The van der Waals surface area contributed by atoms with E-state index in [-0.39, 0.29) is 17.5 Å². The molecule has 2 aliphatic rings. The van der Waals surface area contributed by atoms with Crippen LogP contribution in [-0.4, -0.2) is 40.7 Å². The number of aryl methyl sites for hydroxylation is 1. The fraction of sp³-hybridized carbons (Fsp3) is 0.600. The maximum absolute atomic E-state index is 13.0. The number of unbranched alkanes of at least 4 members (excludes halogenated alkanes) is 1. The topological polar surface area (TPSA) is 80.0 Å². The molecule has 1 N–H and O–H groups in total. The number of fused-ring (bicyclic) bond motifs is 2. The monoisotopic (exact) mass is 427 g/mol. The third-order valence-electron chi connectivity index (χ3n) is 7.00. The van der Waals surface area contributed by atoms with Crippen LogP contribution in [-0.2, 0) is 11.2 Å². The van der Waals surface area contributed by atoms with Crippen molar-refractivity contribution in [2.75, 3.05) is 13.1 Å². The lowest BCUT2D eigenvalue weighted by Gasteiger charge is -2.47. The number of rotatable bonds is 6. The number of likely N-dealkylation sites (tertiary alicyclic amines) is 1. The normalized spacial score (nSPS) is 24.6. The zero-order valence-electron chi connectivity index (χ0n) is 18.6. The van der Waals surface area contributed by atoms with Gasteiger partial charge in [0.15, 0.2) is 6.10 Å². The van der Waals surface area contributed by atoms with Gasteiger partial charge in [0.2, 0.25) is 0 Å². The largest absolute Gasteiger partial charge is 0.481 e. The summed E-state index contributed by atoms with van der Waals surface area (Å²) in [4.78, 5) is 26.8. The first-order valence-electron chi connectivity index (χ1n) is 11.6. The van der Waals surface area contributed by atoms with Gasteiger partial charge in [-0.05, 0) is 56.7 Å². The molecule has 1 amide bonds. The third-order valence-corrected chi connectivity index (χ3v) is 7.00. The number of carbonyl (C=O) groups excluding carboxylic acids is 1. The first-order valence-corrected chi connectivity index (χ1v) is 11.6. The van der Waals surface area contributed by atoms with Crippen LogP contribution in [0.4, 0.5) is 0 Å². The quantitative estimate of drug-likeness (QED) is 0.704. The molecule has 2 heterocycles. The molecule has 3 atom stereocenters. The van der Waals surface area contributed by atoms with Gasteiger partial charge in [0, 0.05) is 36.5 Å². The fourth-order valence-corrected chi connectivity index (χ4v) is 5.14. The van der Waals surface area contributed by atoms with Crippen LogP contribution in [0.15, 0.2) is 33.5 Å². The van der Waals surface area contributed by atoms with Crippen LogP contribution in [0.2, 0.25) is 0 Å². The van der Waals surface area contributed by atoms with E-state index >= 15 is 0 Å². The Morgan fingerprint density at radius 1 is 1.32 bits per heavy atom. The van der Waals surface area contributed by atoms with Crippen LogP contribution in [0.3, 0.4) is 0 Å². The molecule has 1 aromatic carbocycles. The molecule has 6 heteroatoms. The van der Waals surface area contributed by atoms with Gasteiger partial charge in [-0.1, -0.05) is 26.2 Å². The van der Waals surface area contributed by atoms with E-state index in [4.69, 9.17) is 9.15 Å². The maximum atomic E-state index is 13.0. The van der Waals surface area contributed by atoms with E-state index in [0.717, 1.165) is 55.9 Å². The molecule has 0 unspecified atom stereocenters. The predicted octanol–water partition coefficient (Wildman–Crippen LogP) is 4.06. The highest BCUT2D eigenvalue weighted by Crippen LogP contribution is 2.40. The van der Waals surface area contributed by atoms with Crippen molar-refractivity contribution in [3.8, 4) is 5.75 Å². The van der Waals surface area contributed by atoms with Gasteiger partial charge in [-0.3, -0.25) is 4.79 Å². The summed E-state index contributed by atoms with van der Waals surface area (Å²) in [6.45, 7) is 5.03. The molecule has 1 saturated carbocycles. The number of benzene rings is 1. The summed E-state index contributed by atoms with van der Waals surface area (Å²) < 4.78 is 11.3. The molecule has 1 saturated heterocycles. The minimum Gasteiger partial charge on any atom is -0.481 e. The molecular weight excluding hydrogens is 394 g/mol. The number of piperidine rings is 1. The molecule has 0 spiro atoms. The Morgan fingerprint density at radius 3 is 2.97 bits per heavy atom. The SMILES string of the molecule is CCCCc1cc(=O)oc2cc(O[C@H](C)C(=O)N3CC[C@@]4(O)CCCC[C@H]4C3)ccc12. The summed E-state index contributed by atoms with van der Waals surface area (Å²) in [6.07, 6.45) is 6.87. The number of ether oxygens (including phenoxy) is 1. The zero-order valence-corrected chi connectivity index (χ0v) is 18.6. The van der Waals surface area contributed by atoms with E-state index in [9.17, 15) is 14.7 Å². The summed E-state index contributed by atoms with van der Waals surface area (Å²) in [7, 11) is 0. The van der Waals surface area contributed by atoms with Crippen molar-refractivity contribution in [3.63, 3.8) is 0 Å². The molecular formula is C25H33NO5. The number of amides is 1. The number of hydrogen-bond donors (Lipinski definition) is 1. The van der Waals surface area contributed by atoms with Crippen molar-refractivity contribution < 1.29 is 19.1 Å². The second kappa shape index (κ2) is 9.03. The van der Waals surface area contributed by atoms with Gasteiger partial charge < -0.3 is 19.2 Å². The minimum absolute atomic E-state index is 0.0640. The summed E-state index contributed by atoms with van der Waals surface area (Å²) in [6, 6.07) is 7.00. The Hall–Kier alpha value is -2.34. The summed E-state index contributed by atoms with van der Waals surface area (Å²) in [5, 5.41) is 11.8. The smallest absolute Gasteiger partial charge is 0.336 e. The number of hydrogen-bond acceptors (Lipinski definition) is 5. The number of nitrogens with zero attached hydrogens (tertiary/aromatic N) is 1. The summed E-state index contributed by atoms with van der Waals surface area (Å²) in [5.41, 5.74) is 0.496. The zero-order chi connectivity index (χ0) is 22.0. The van der Waals surface area contributed by atoms with E-state index in [1.807, 2.05) is 17.0 Å². The first-order chi connectivity index (χ1) is 14.9. The molecule has 31 heavy (non-hydrogen) atoms. The Bertz CT molecular complexity index is 999. The molecule has 4 rings (SSSR count). The van der Waals surface area contributed by atoms with E-state index in [1.165, 1.54) is 0 Å². The average Bonchev–Trinajstić information content (AvgIpc) is 2.75. The summed E-state index contributed by atoms with van der Waals surface area (Å²) >= 11 is 0. The molecule has 1 aromatic heterocycles.